The third-order valence-electron chi connectivity index (χ3n) is 4.27. The average molecular weight is 330 g/mol. The summed E-state index contributed by atoms with van der Waals surface area (Å²) < 4.78 is 17.1. The molecule has 3 aromatic carbocycles. The molecular weight excluding hydrogens is 312 g/mol. The highest BCUT2D eigenvalue weighted by Gasteiger charge is 2.18. The van der Waals surface area contributed by atoms with Crippen molar-refractivity contribution in [3.63, 3.8) is 0 Å². The van der Waals surface area contributed by atoms with E-state index < -0.39 is 0 Å². The average Bonchev–Trinajstić information content (AvgIpc) is 3.07. The Morgan fingerprint density at radius 1 is 0.680 bits per heavy atom. The summed E-state index contributed by atoms with van der Waals surface area (Å²) in [6.45, 7) is 0. The van der Waals surface area contributed by atoms with E-state index >= 15 is 0 Å². The van der Waals surface area contributed by atoms with Crippen molar-refractivity contribution in [2.75, 3.05) is 14.2 Å². The van der Waals surface area contributed by atoms with Crippen molar-refractivity contribution in [2.45, 2.75) is 0 Å². The number of fused-ring (bicyclic) bond motifs is 1. The lowest BCUT2D eigenvalue weighted by molar-refractivity contribution is 0.394. The van der Waals surface area contributed by atoms with Crippen LogP contribution in [0, 0.1) is 0 Å². The highest BCUT2D eigenvalue weighted by atomic mass is 16.5. The second-order valence-electron chi connectivity index (χ2n) is 5.77. The molecule has 0 aliphatic carbocycles. The van der Waals surface area contributed by atoms with E-state index in [0.717, 1.165) is 44.9 Å². The molecule has 4 rings (SSSR count). The summed E-state index contributed by atoms with van der Waals surface area (Å²) in [5, 5.41) is 1.07. The molecule has 4 aromatic rings. The van der Waals surface area contributed by atoms with Crippen LogP contribution in [0.2, 0.25) is 0 Å². The van der Waals surface area contributed by atoms with Gasteiger partial charge in [0.05, 0.1) is 14.2 Å². The van der Waals surface area contributed by atoms with Crippen LogP contribution in [0.15, 0.2) is 77.2 Å². The molecular formula is C22H18O3. The minimum atomic E-state index is 0.749. The lowest BCUT2D eigenvalue weighted by atomic mass is 9.98. The maximum atomic E-state index is 6.21. The van der Waals surface area contributed by atoms with Crippen LogP contribution < -0.4 is 9.47 Å². The highest BCUT2D eigenvalue weighted by molar-refractivity contribution is 6.02. The summed E-state index contributed by atoms with van der Waals surface area (Å²) in [6.07, 6.45) is 0. The van der Waals surface area contributed by atoms with E-state index in [1.54, 1.807) is 14.2 Å². The maximum Gasteiger partial charge on any atom is 0.143 e. The van der Waals surface area contributed by atoms with Crippen molar-refractivity contribution in [1.82, 2.24) is 0 Å². The van der Waals surface area contributed by atoms with Crippen molar-refractivity contribution in [3.8, 4) is 33.9 Å². The number of para-hydroxylation sites is 1. The summed E-state index contributed by atoms with van der Waals surface area (Å²) in [6, 6.07) is 24.1. The quantitative estimate of drug-likeness (QED) is 0.475. The smallest absolute Gasteiger partial charge is 0.143 e. The van der Waals surface area contributed by atoms with E-state index in [2.05, 4.69) is 18.2 Å². The minimum Gasteiger partial charge on any atom is -0.497 e. The van der Waals surface area contributed by atoms with Gasteiger partial charge in [-0.3, -0.25) is 0 Å². The van der Waals surface area contributed by atoms with Gasteiger partial charge in [-0.2, -0.15) is 0 Å². The van der Waals surface area contributed by atoms with Crippen LogP contribution in [-0.4, -0.2) is 14.2 Å². The molecule has 25 heavy (non-hydrogen) atoms. The molecule has 0 unspecified atom stereocenters. The van der Waals surface area contributed by atoms with E-state index in [-0.39, 0.29) is 0 Å². The summed E-state index contributed by atoms with van der Waals surface area (Å²) in [5.74, 6) is 2.34. The Balaban J connectivity index is 2.04. The molecule has 0 saturated carbocycles. The van der Waals surface area contributed by atoms with Crippen molar-refractivity contribution in [2.24, 2.45) is 0 Å². The Kier molecular flexibility index (Phi) is 3.90. The maximum absolute atomic E-state index is 6.21. The van der Waals surface area contributed by atoms with Crippen LogP contribution in [-0.2, 0) is 0 Å². The van der Waals surface area contributed by atoms with Crippen molar-refractivity contribution in [1.29, 1.82) is 0 Å². The molecule has 0 fully saturated rings. The molecule has 0 bridgehead atoms. The van der Waals surface area contributed by atoms with Crippen LogP contribution in [0.5, 0.6) is 11.5 Å². The zero-order chi connectivity index (χ0) is 17.2. The first-order valence-corrected chi connectivity index (χ1v) is 8.10. The van der Waals surface area contributed by atoms with E-state index in [0.29, 0.717) is 0 Å². The number of methoxy groups -OCH3 is 2. The van der Waals surface area contributed by atoms with Crippen LogP contribution in [0.1, 0.15) is 0 Å². The van der Waals surface area contributed by atoms with Gasteiger partial charge in [0, 0.05) is 22.6 Å². The molecule has 0 aliphatic heterocycles. The topological polar surface area (TPSA) is 31.6 Å². The molecule has 3 heteroatoms. The highest BCUT2D eigenvalue weighted by Crippen LogP contribution is 2.42. The zero-order valence-electron chi connectivity index (χ0n) is 14.2. The van der Waals surface area contributed by atoms with E-state index in [1.165, 1.54) is 0 Å². The van der Waals surface area contributed by atoms with Gasteiger partial charge in [-0.05, 0) is 23.8 Å². The SMILES string of the molecule is COc1cc(OC)cc(-c2c(-c3ccccc3)oc3ccccc23)c1. The Hall–Kier alpha value is -3.20. The lowest BCUT2D eigenvalue weighted by Gasteiger charge is -2.09. The van der Waals surface area contributed by atoms with E-state index in [4.69, 9.17) is 13.9 Å². The second-order valence-corrected chi connectivity index (χ2v) is 5.77. The Bertz CT molecular complexity index is 994. The fourth-order valence-corrected chi connectivity index (χ4v) is 3.08. The van der Waals surface area contributed by atoms with Gasteiger partial charge in [0.25, 0.3) is 0 Å². The predicted molar refractivity (Wildman–Crippen MR) is 100 cm³/mol. The van der Waals surface area contributed by atoms with Crippen LogP contribution in [0.25, 0.3) is 33.4 Å². The monoisotopic (exact) mass is 330 g/mol. The molecule has 124 valence electrons. The molecule has 0 aliphatic rings. The fourth-order valence-electron chi connectivity index (χ4n) is 3.08. The standard InChI is InChI=1S/C22H18O3/c1-23-17-12-16(13-18(14-17)24-2)21-19-10-6-7-11-20(19)25-22(21)15-8-4-3-5-9-15/h3-14H,1-2H3. The van der Waals surface area contributed by atoms with E-state index in [9.17, 15) is 0 Å². The number of benzene rings is 3. The molecule has 1 heterocycles. The Labute approximate surface area is 146 Å². The molecule has 0 spiro atoms. The Morgan fingerprint density at radius 3 is 2.00 bits per heavy atom. The first kappa shape index (κ1) is 15.3. The first-order chi connectivity index (χ1) is 12.3. The van der Waals surface area contributed by atoms with Gasteiger partial charge in [-0.25, -0.2) is 0 Å². The number of furan rings is 1. The van der Waals surface area contributed by atoms with Crippen LogP contribution in [0.3, 0.4) is 0 Å². The third-order valence-corrected chi connectivity index (χ3v) is 4.27. The molecule has 3 nitrogen and oxygen atoms in total. The van der Waals surface area contributed by atoms with Crippen LogP contribution >= 0.6 is 0 Å². The zero-order valence-corrected chi connectivity index (χ0v) is 14.2. The predicted octanol–water partition coefficient (Wildman–Crippen LogP) is 5.78. The van der Waals surface area contributed by atoms with Crippen molar-refractivity contribution >= 4 is 11.0 Å². The number of ether oxygens (including phenoxy) is 2. The summed E-state index contributed by atoms with van der Waals surface area (Å²) in [7, 11) is 3.31. The molecule has 0 N–H and O–H groups in total. The summed E-state index contributed by atoms with van der Waals surface area (Å²) in [4.78, 5) is 0. The van der Waals surface area contributed by atoms with Gasteiger partial charge in [0.15, 0.2) is 0 Å². The molecule has 0 saturated heterocycles. The number of hydrogen-bond acceptors (Lipinski definition) is 3. The van der Waals surface area contributed by atoms with Gasteiger partial charge in [-0.15, -0.1) is 0 Å². The molecule has 0 radical (unpaired) electrons. The molecule has 0 atom stereocenters. The van der Waals surface area contributed by atoms with E-state index in [1.807, 2.05) is 54.6 Å². The number of hydrogen-bond donors (Lipinski definition) is 0. The second kappa shape index (κ2) is 6.36. The number of rotatable bonds is 4. The van der Waals surface area contributed by atoms with Gasteiger partial charge >= 0.3 is 0 Å². The summed E-state index contributed by atoms with van der Waals surface area (Å²) >= 11 is 0. The third kappa shape index (κ3) is 2.74. The lowest BCUT2D eigenvalue weighted by Crippen LogP contribution is -1.89. The van der Waals surface area contributed by atoms with Crippen molar-refractivity contribution in [3.05, 3.63) is 72.8 Å². The summed E-state index contributed by atoms with van der Waals surface area (Å²) in [5.41, 5.74) is 3.94. The van der Waals surface area contributed by atoms with Gasteiger partial charge in [0.1, 0.15) is 22.8 Å². The first-order valence-electron chi connectivity index (χ1n) is 8.10. The van der Waals surface area contributed by atoms with Gasteiger partial charge in [-0.1, -0.05) is 48.5 Å². The van der Waals surface area contributed by atoms with Crippen LogP contribution in [0.4, 0.5) is 0 Å². The largest absolute Gasteiger partial charge is 0.497 e. The normalized spacial score (nSPS) is 10.8. The van der Waals surface area contributed by atoms with Gasteiger partial charge in [0.2, 0.25) is 0 Å². The minimum absolute atomic E-state index is 0.749. The molecule has 1 aromatic heterocycles. The Morgan fingerprint density at radius 2 is 1.32 bits per heavy atom. The van der Waals surface area contributed by atoms with Crippen molar-refractivity contribution < 1.29 is 13.9 Å². The van der Waals surface area contributed by atoms with Gasteiger partial charge < -0.3 is 13.9 Å². The fraction of sp³-hybridized carbons (Fsp3) is 0.0909. The molecule has 0 amide bonds.